The summed E-state index contributed by atoms with van der Waals surface area (Å²) >= 11 is 0. The first-order valence-electron chi connectivity index (χ1n) is 10.2. The predicted octanol–water partition coefficient (Wildman–Crippen LogP) is 4.65. The number of aryl methyl sites for hydroxylation is 1. The Morgan fingerprint density at radius 1 is 1.19 bits per heavy atom. The lowest BCUT2D eigenvalue weighted by molar-refractivity contribution is -0.0966. The Kier molecular flexibility index (Phi) is 4.60. The van der Waals surface area contributed by atoms with Gasteiger partial charge >= 0.3 is 0 Å². The molecule has 3 aromatic rings. The molecular formula is C23H18F4N4O. The van der Waals surface area contributed by atoms with E-state index >= 15 is 0 Å². The van der Waals surface area contributed by atoms with Gasteiger partial charge in [0.25, 0.3) is 5.92 Å². The number of nitriles is 1. The predicted molar refractivity (Wildman–Crippen MR) is 106 cm³/mol. The van der Waals surface area contributed by atoms with E-state index in [4.69, 9.17) is 0 Å². The average molecular weight is 442 g/mol. The van der Waals surface area contributed by atoms with Crippen LogP contribution in [0.5, 0.6) is 0 Å². The van der Waals surface area contributed by atoms with Crippen LogP contribution in [0.3, 0.4) is 0 Å². The zero-order valence-corrected chi connectivity index (χ0v) is 17.0. The van der Waals surface area contributed by atoms with Crippen molar-refractivity contribution < 1.29 is 22.7 Å². The van der Waals surface area contributed by atoms with Crippen molar-refractivity contribution in [2.75, 3.05) is 0 Å². The van der Waals surface area contributed by atoms with Crippen LogP contribution in [0.15, 0.2) is 30.5 Å². The second-order valence-electron chi connectivity index (χ2n) is 8.38. The van der Waals surface area contributed by atoms with Gasteiger partial charge in [0.15, 0.2) is 0 Å². The van der Waals surface area contributed by atoms with E-state index in [1.807, 2.05) is 6.07 Å². The van der Waals surface area contributed by atoms with Gasteiger partial charge in [-0.1, -0.05) is 17.3 Å². The Bertz CT molecular complexity index is 1280. The summed E-state index contributed by atoms with van der Waals surface area (Å²) in [6, 6.07) is 7.30. The lowest BCUT2D eigenvalue weighted by Gasteiger charge is -2.31. The maximum atomic E-state index is 14.7. The van der Waals surface area contributed by atoms with Crippen LogP contribution >= 0.6 is 0 Å². The topological polar surface area (TPSA) is 74.7 Å². The Morgan fingerprint density at radius 2 is 1.97 bits per heavy atom. The zero-order valence-electron chi connectivity index (χ0n) is 17.0. The van der Waals surface area contributed by atoms with E-state index in [-0.39, 0.29) is 35.1 Å². The van der Waals surface area contributed by atoms with Crippen LogP contribution in [-0.4, -0.2) is 26.0 Å². The van der Waals surface area contributed by atoms with Gasteiger partial charge in [-0.2, -0.15) is 5.26 Å². The van der Waals surface area contributed by atoms with E-state index in [1.54, 1.807) is 25.4 Å². The molecule has 0 radical (unpaired) electrons. The second kappa shape index (κ2) is 7.14. The van der Waals surface area contributed by atoms with Gasteiger partial charge in [-0.15, -0.1) is 5.10 Å². The molecule has 0 amide bonds. The molecule has 0 unspecified atom stereocenters. The van der Waals surface area contributed by atoms with Crippen molar-refractivity contribution in [2.24, 2.45) is 7.05 Å². The fourth-order valence-electron chi connectivity index (χ4n) is 5.06. The first-order chi connectivity index (χ1) is 15.2. The Hall–Kier alpha value is -3.25. The molecule has 2 aliphatic rings. The zero-order chi connectivity index (χ0) is 22.8. The molecule has 0 saturated heterocycles. The number of fused-ring (bicyclic) bond motifs is 2. The van der Waals surface area contributed by atoms with Crippen LogP contribution in [0.25, 0.3) is 11.3 Å². The van der Waals surface area contributed by atoms with E-state index in [2.05, 4.69) is 10.3 Å². The van der Waals surface area contributed by atoms with Crippen molar-refractivity contribution in [1.82, 2.24) is 15.0 Å². The fourth-order valence-corrected chi connectivity index (χ4v) is 5.06. The monoisotopic (exact) mass is 442 g/mol. The molecule has 0 spiro atoms. The molecule has 1 N–H and O–H groups in total. The van der Waals surface area contributed by atoms with Crippen molar-refractivity contribution in [2.45, 2.75) is 43.4 Å². The number of aliphatic hydroxyl groups is 1. The first-order valence-corrected chi connectivity index (χ1v) is 10.2. The third-order valence-corrected chi connectivity index (χ3v) is 6.43. The first kappa shape index (κ1) is 20.6. The van der Waals surface area contributed by atoms with Gasteiger partial charge in [0.1, 0.15) is 23.8 Å². The molecular weight excluding hydrogens is 424 g/mol. The molecule has 32 heavy (non-hydrogen) atoms. The molecule has 0 saturated carbocycles. The van der Waals surface area contributed by atoms with Gasteiger partial charge in [0, 0.05) is 24.9 Å². The largest absolute Gasteiger partial charge is 0.382 e. The highest BCUT2D eigenvalue weighted by Crippen LogP contribution is 2.52. The van der Waals surface area contributed by atoms with Gasteiger partial charge in [0.05, 0.1) is 17.8 Å². The van der Waals surface area contributed by atoms with Crippen molar-refractivity contribution >= 4 is 0 Å². The molecule has 164 valence electrons. The van der Waals surface area contributed by atoms with Crippen LogP contribution in [0.1, 0.15) is 64.4 Å². The van der Waals surface area contributed by atoms with Crippen LogP contribution < -0.4 is 0 Å². The number of benzene rings is 2. The summed E-state index contributed by atoms with van der Waals surface area (Å²) < 4.78 is 59.4. The van der Waals surface area contributed by atoms with Gasteiger partial charge in [-0.25, -0.2) is 17.6 Å². The van der Waals surface area contributed by atoms with Gasteiger partial charge in [-0.3, -0.25) is 4.68 Å². The Morgan fingerprint density at radius 3 is 2.66 bits per heavy atom. The molecule has 5 rings (SSSR count). The van der Waals surface area contributed by atoms with Crippen LogP contribution in [-0.2, 0) is 13.5 Å². The highest BCUT2D eigenvalue weighted by atomic mass is 19.3. The summed E-state index contributed by atoms with van der Waals surface area (Å²) in [5, 5.41) is 27.9. The molecule has 3 atom stereocenters. The van der Waals surface area contributed by atoms with Crippen molar-refractivity contribution in [1.29, 1.82) is 5.26 Å². The van der Waals surface area contributed by atoms with E-state index in [0.29, 0.717) is 22.4 Å². The third kappa shape index (κ3) is 3.01. The van der Waals surface area contributed by atoms with Crippen LogP contribution in [0.2, 0.25) is 0 Å². The summed E-state index contributed by atoms with van der Waals surface area (Å²) in [5.74, 6) is -4.68. The summed E-state index contributed by atoms with van der Waals surface area (Å²) in [4.78, 5) is 0. The highest BCUT2D eigenvalue weighted by molar-refractivity contribution is 5.69. The van der Waals surface area contributed by atoms with E-state index in [9.17, 15) is 27.9 Å². The number of halogens is 4. The van der Waals surface area contributed by atoms with Gasteiger partial charge < -0.3 is 5.11 Å². The smallest absolute Gasteiger partial charge is 0.281 e. The van der Waals surface area contributed by atoms with E-state index in [0.717, 1.165) is 12.1 Å². The fraction of sp³-hybridized carbons (Fsp3) is 0.348. The highest BCUT2D eigenvalue weighted by Gasteiger charge is 2.50. The lowest BCUT2D eigenvalue weighted by atomic mass is 9.74. The second-order valence-corrected chi connectivity index (χ2v) is 8.38. The van der Waals surface area contributed by atoms with Crippen LogP contribution in [0, 0.1) is 17.1 Å². The molecule has 0 bridgehead atoms. The molecule has 1 heterocycles. The number of nitrogens with zero attached hydrogens (tertiary/aromatic N) is 4. The molecule has 1 aromatic heterocycles. The minimum Gasteiger partial charge on any atom is -0.382 e. The van der Waals surface area contributed by atoms with Crippen LogP contribution in [0.4, 0.5) is 17.6 Å². The number of hydrogen-bond donors (Lipinski definition) is 1. The lowest BCUT2D eigenvalue weighted by Crippen LogP contribution is -2.22. The minimum absolute atomic E-state index is 0.00981. The minimum atomic E-state index is -3.39. The summed E-state index contributed by atoms with van der Waals surface area (Å²) in [6.07, 6.45) is -2.25. The van der Waals surface area contributed by atoms with Crippen molar-refractivity contribution in [3.63, 3.8) is 0 Å². The van der Waals surface area contributed by atoms with E-state index in [1.165, 1.54) is 4.68 Å². The van der Waals surface area contributed by atoms with Gasteiger partial charge in [-0.05, 0) is 52.8 Å². The third-order valence-electron chi connectivity index (χ3n) is 6.43. The molecule has 0 aliphatic heterocycles. The Balaban J connectivity index is 1.74. The van der Waals surface area contributed by atoms with Gasteiger partial charge in [0.2, 0.25) is 0 Å². The maximum Gasteiger partial charge on any atom is 0.281 e. The number of hydrogen-bond acceptors (Lipinski definition) is 4. The Labute approximate surface area is 180 Å². The summed E-state index contributed by atoms with van der Waals surface area (Å²) in [6.45, 7) is 0. The number of aromatic nitrogens is 3. The SMILES string of the molecule is Cn1cc(-c2ccc([C@H]3CC[C@H](F)c4cc(F)cc(C#N)c43)c3c2[C@H](O)C(F)(F)C3)nn1. The normalized spacial score (nSPS) is 23.5. The number of alkyl halides is 3. The summed E-state index contributed by atoms with van der Waals surface area (Å²) in [5.41, 5.74) is 1.90. The average Bonchev–Trinajstić information content (AvgIpc) is 3.28. The van der Waals surface area contributed by atoms with E-state index < -0.39 is 36.4 Å². The molecule has 5 nitrogen and oxygen atoms in total. The number of aliphatic hydroxyl groups excluding tert-OH is 1. The maximum absolute atomic E-state index is 14.7. The van der Waals surface area contributed by atoms with Crippen molar-refractivity contribution in [3.8, 4) is 17.3 Å². The quantitative estimate of drug-likeness (QED) is 0.586. The summed E-state index contributed by atoms with van der Waals surface area (Å²) in [7, 11) is 1.64. The number of rotatable bonds is 2. The standard InChI is InChI=1S/C23H18F4N4O/c1-31-10-19(29-30-31)15-3-2-13(17-8-23(26,27)22(32)21(15)17)14-4-5-18(25)16-7-12(24)6-11(9-28)20(14)16/h2-3,6-7,10,14,18,22,32H,4-5,8H2,1H3/t14-,18+,22+/m1/s1. The molecule has 0 fully saturated rings. The molecule has 2 aromatic carbocycles. The van der Waals surface area contributed by atoms with Crippen molar-refractivity contribution in [3.05, 3.63) is 69.7 Å². The molecule has 9 heteroatoms. The molecule has 2 aliphatic carbocycles.